The number of amides is 1. The van der Waals surface area contributed by atoms with Gasteiger partial charge in [0, 0.05) is 13.1 Å². The number of hydrogen-bond acceptors (Lipinski definition) is 4. The number of carbonyl (C=O) groups is 1. The van der Waals surface area contributed by atoms with Crippen LogP contribution in [0, 0.1) is 5.92 Å². The topological polar surface area (TPSA) is 86.8 Å². The lowest BCUT2D eigenvalue weighted by atomic mass is 10.1. The van der Waals surface area contributed by atoms with Crippen LogP contribution in [-0.4, -0.2) is 40.7 Å². The van der Waals surface area contributed by atoms with Crippen molar-refractivity contribution in [1.29, 1.82) is 0 Å². The van der Waals surface area contributed by atoms with E-state index in [9.17, 15) is 15.0 Å². The van der Waals surface area contributed by atoms with Crippen LogP contribution in [0.25, 0.3) is 0 Å². The van der Waals surface area contributed by atoms with Crippen LogP contribution in [0.5, 0.6) is 11.5 Å². The minimum Gasteiger partial charge on any atom is -0.508 e. The van der Waals surface area contributed by atoms with Gasteiger partial charge in [-0.2, -0.15) is 0 Å². The van der Waals surface area contributed by atoms with E-state index < -0.39 is 0 Å². The molecule has 1 rings (SSSR count). The Bertz CT molecular complexity index is 421. The summed E-state index contributed by atoms with van der Waals surface area (Å²) < 4.78 is 0. The van der Waals surface area contributed by atoms with Crippen molar-refractivity contribution < 1.29 is 15.0 Å². The van der Waals surface area contributed by atoms with Gasteiger partial charge in [-0.3, -0.25) is 4.79 Å². The monoisotopic (exact) mass is 252 g/mol. The zero-order chi connectivity index (χ0) is 13.7. The standard InChI is InChI=1S/C13H20N2O3/c1-3-15(8-9(2)7-14)13(18)11-6-10(16)4-5-12(11)17/h4-6,9,16-17H,3,7-8,14H2,1-2H3. The van der Waals surface area contributed by atoms with Crippen LogP contribution < -0.4 is 5.73 Å². The van der Waals surface area contributed by atoms with Crippen molar-refractivity contribution in [2.75, 3.05) is 19.6 Å². The molecule has 5 heteroatoms. The Morgan fingerprint density at radius 3 is 2.67 bits per heavy atom. The van der Waals surface area contributed by atoms with Crippen LogP contribution in [0.1, 0.15) is 24.2 Å². The van der Waals surface area contributed by atoms with Crippen molar-refractivity contribution in [3.63, 3.8) is 0 Å². The van der Waals surface area contributed by atoms with E-state index in [0.717, 1.165) is 0 Å². The minimum atomic E-state index is -0.300. The SMILES string of the molecule is CCN(CC(C)CN)C(=O)c1cc(O)ccc1O. The van der Waals surface area contributed by atoms with E-state index in [0.29, 0.717) is 19.6 Å². The second-order valence-electron chi connectivity index (χ2n) is 4.39. The minimum absolute atomic E-state index is 0.0425. The largest absolute Gasteiger partial charge is 0.508 e. The fourth-order valence-electron chi connectivity index (χ4n) is 1.67. The Hall–Kier alpha value is -1.75. The number of rotatable bonds is 5. The Labute approximate surface area is 107 Å². The first kappa shape index (κ1) is 14.3. The van der Waals surface area contributed by atoms with Crippen LogP contribution in [0.15, 0.2) is 18.2 Å². The van der Waals surface area contributed by atoms with Crippen LogP contribution in [-0.2, 0) is 0 Å². The van der Waals surface area contributed by atoms with Gasteiger partial charge in [0.15, 0.2) is 0 Å². The Morgan fingerprint density at radius 2 is 2.11 bits per heavy atom. The molecule has 1 aromatic carbocycles. The maximum atomic E-state index is 12.2. The van der Waals surface area contributed by atoms with Crippen LogP contribution in [0.3, 0.4) is 0 Å². The molecule has 0 saturated carbocycles. The normalized spacial score (nSPS) is 12.2. The van der Waals surface area contributed by atoms with Gasteiger partial charge in [0.2, 0.25) is 0 Å². The number of nitrogens with two attached hydrogens (primary N) is 1. The van der Waals surface area contributed by atoms with E-state index in [-0.39, 0.29) is 28.9 Å². The third-order valence-corrected chi connectivity index (χ3v) is 2.81. The first-order valence-corrected chi connectivity index (χ1v) is 6.00. The van der Waals surface area contributed by atoms with Crippen LogP contribution >= 0.6 is 0 Å². The third-order valence-electron chi connectivity index (χ3n) is 2.81. The van der Waals surface area contributed by atoms with Crippen LogP contribution in [0.2, 0.25) is 0 Å². The molecule has 0 fully saturated rings. The zero-order valence-electron chi connectivity index (χ0n) is 10.8. The fourth-order valence-corrected chi connectivity index (χ4v) is 1.67. The predicted octanol–water partition coefficient (Wildman–Crippen LogP) is 1.15. The quantitative estimate of drug-likeness (QED) is 0.686. The Morgan fingerprint density at radius 1 is 1.44 bits per heavy atom. The number of aromatic hydroxyl groups is 2. The summed E-state index contributed by atoms with van der Waals surface area (Å²) in [4.78, 5) is 13.8. The molecule has 0 aliphatic carbocycles. The van der Waals surface area contributed by atoms with E-state index in [4.69, 9.17) is 5.73 Å². The van der Waals surface area contributed by atoms with E-state index in [2.05, 4.69) is 0 Å². The maximum absolute atomic E-state index is 12.2. The third kappa shape index (κ3) is 3.37. The molecule has 100 valence electrons. The molecule has 1 atom stereocenters. The van der Waals surface area contributed by atoms with Gasteiger partial charge in [-0.25, -0.2) is 0 Å². The molecule has 0 heterocycles. The van der Waals surface area contributed by atoms with Gasteiger partial charge in [0.1, 0.15) is 11.5 Å². The van der Waals surface area contributed by atoms with Crippen molar-refractivity contribution in [2.24, 2.45) is 11.7 Å². The molecule has 0 aliphatic rings. The molecule has 0 radical (unpaired) electrons. The number of hydrogen-bond donors (Lipinski definition) is 3. The van der Waals surface area contributed by atoms with Crippen molar-refractivity contribution in [3.8, 4) is 11.5 Å². The van der Waals surface area contributed by atoms with Crippen molar-refractivity contribution in [2.45, 2.75) is 13.8 Å². The van der Waals surface area contributed by atoms with Crippen molar-refractivity contribution in [1.82, 2.24) is 4.90 Å². The molecule has 1 amide bonds. The average molecular weight is 252 g/mol. The molecule has 0 spiro atoms. The molecule has 1 aromatic rings. The molecule has 0 saturated heterocycles. The molecule has 0 aliphatic heterocycles. The van der Waals surface area contributed by atoms with Gasteiger partial charge in [-0.15, -0.1) is 0 Å². The second kappa shape index (κ2) is 6.26. The molecule has 0 bridgehead atoms. The van der Waals surface area contributed by atoms with Crippen LogP contribution in [0.4, 0.5) is 0 Å². The van der Waals surface area contributed by atoms with E-state index >= 15 is 0 Å². The molecule has 1 unspecified atom stereocenters. The molecule has 5 nitrogen and oxygen atoms in total. The highest BCUT2D eigenvalue weighted by Gasteiger charge is 2.19. The average Bonchev–Trinajstić information content (AvgIpc) is 2.37. The number of benzene rings is 1. The number of phenolic OH excluding ortho intramolecular Hbond substituents is 2. The number of phenols is 2. The first-order valence-electron chi connectivity index (χ1n) is 6.00. The summed E-state index contributed by atoms with van der Waals surface area (Å²) in [5, 5.41) is 19.0. The lowest BCUT2D eigenvalue weighted by molar-refractivity contribution is 0.0740. The Balaban J connectivity index is 2.92. The summed E-state index contributed by atoms with van der Waals surface area (Å²) in [5.41, 5.74) is 5.65. The summed E-state index contributed by atoms with van der Waals surface area (Å²) in [5.74, 6) is -0.282. The molecular weight excluding hydrogens is 232 g/mol. The smallest absolute Gasteiger partial charge is 0.257 e. The highest BCUT2D eigenvalue weighted by Crippen LogP contribution is 2.23. The molecule has 0 aromatic heterocycles. The number of nitrogens with zero attached hydrogens (tertiary/aromatic N) is 1. The summed E-state index contributed by atoms with van der Waals surface area (Å²) in [6.07, 6.45) is 0. The van der Waals surface area contributed by atoms with Gasteiger partial charge in [-0.05, 0) is 37.6 Å². The van der Waals surface area contributed by atoms with E-state index in [1.807, 2.05) is 13.8 Å². The lowest BCUT2D eigenvalue weighted by Crippen LogP contribution is -2.36. The summed E-state index contributed by atoms with van der Waals surface area (Å²) in [7, 11) is 0. The highest BCUT2D eigenvalue weighted by atomic mass is 16.3. The predicted molar refractivity (Wildman–Crippen MR) is 69.6 cm³/mol. The van der Waals surface area contributed by atoms with Gasteiger partial charge < -0.3 is 20.8 Å². The maximum Gasteiger partial charge on any atom is 0.257 e. The van der Waals surface area contributed by atoms with Gasteiger partial charge in [0.25, 0.3) is 5.91 Å². The molecule has 18 heavy (non-hydrogen) atoms. The highest BCUT2D eigenvalue weighted by molar-refractivity contribution is 5.97. The summed E-state index contributed by atoms with van der Waals surface area (Å²) in [6, 6.07) is 3.92. The van der Waals surface area contributed by atoms with Crippen molar-refractivity contribution in [3.05, 3.63) is 23.8 Å². The molecule has 4 N–H and O–H groups in total. The Kier molecular flexibility index (Phi) is 4.97. The van der Waals surface area contributed by atoms with Gasteiger partial charge in [0.05, 0.1) is 5.56 Å². The fraction of sp³-hybridized carbons (Fsp3) is 0.462. The first-order chi connectivity index (χ1) is 8.49. The summed E-state index contributed by atoms with van der Waals surface area (Å²) in [6.45, 7) is 5.37. The zero-order valence-corrected chi connectivity index (χ0v) is 10.8. The van der Waals surface area contributed by atoms with Gasteiger partial charge in [-0.1, -0.05) is 6.92 Å². The molecular formula is C13H20N2O3. The van der Waals surface area contributed by atoms with E-state index in [1.54, 1.807) is 4.90 Å². The lowest BCUT2D eigenvalue weighted by Gasteiger charge is -2.24. The second-order valence-corrected chi connectivity index (χ2v) is 4.39. The summed E-state index contributed by atoms with van der Waals surface area (Å²) >= 11 is 0. The van der Waals surface area contributed by atoms with E-state index in [1.165, 1.54) is 18.2 Å². The number of carbonyl (C=O) groups excluding carboxylic acids is 1. The van der Waals surface area contributed by atoms with Gasteiger partial charge >= 0.3 is 0 Å². The van der Waals surface area contributed by atoms with Crippen molar-refractivity contribution >= 4 is 5.91 Å².